The molecule has 24 heavy (non-hydrogen) atoms. The molecule has 5 heteroatoms. The average Bonchev–Trinajstić information content (AvgIpc) is 2.95. The molecule has 3 rings (SSSR count). The summed E-state index contributed by atoms with van der Waals surface area (Å²) in [4.78, 5) is 19.5. The number of nitrogens with zero attached hydrogens (tertiary/aromatic N) is 2. The summed E-state index contributed by atoms with van der Waals surface area (Å²) < 4.78 is 5.43. The molecule has 0 spiro atoms. The van der Waals surface area contributed by atoms with Gasteiger partial charge in [-0.1, -0.05) is 19.9 Å². The lowest BCUT2D eigenvalue weighted by Gasteiger charge is -2.32. The molecule has 0 bridgehead atoms. The predicted octanol–water partition coefficient (Wildman–Crippen LogP) is 2.46. The zero-order valence-corrected chi connectivity index (χ0v) is 15.0. The Morgan fingerprint density at radius 2 is 2.04 bits per heavy atom. The summed E-state index contributed by atoms with van der Waals surface area (Å²) in [5, 5.41) is 3.61. The van der Waals surface area contributed by atoms with E-state index in [9.17, 15) is 4.79 Å². The van der Waals surface area contributed by atoms with Gasteiger partial charge in [0.2, 0.25) is 5.91 Å². The summed E-state index contributed by atoms with van der Waals surface area (Å²) >= 11 is 0. The number of aryl methyl sites for hydroxylation is 1. The van der Waals surface area contributed by atoms with E-state index in [0.717, 1.165) is 44.7 Å². The number of nitrogens with one attached hydrogen (secondary N) is 1. The molecule has 2 atom stereocenters. The molecule has 1 N–H and O–H groups in total. The number of rotatable bonds is 5. The summed E-state index contributed by atoms with van der Waals surface area (Å²) in [6.45, 7) is 8.85. The van der Waals surface area contributed by atoms with E-state index in [1.807, 2.05) is 12.3 Å². The van der Waals surface area contributed by atoms with Crippen LogP contribution in [0, 0.1) is 12.8 Å². The lowest BCUT2D eigenvalue weighted by atomic mass is 9.96. The molecule has 0 radical (unpaired) electrons. The van der Waals surface area contributed by atoms with Crippen molar-refractivity contribution in [3.63, 3.8) is 0 Å². The predicted molar refractivity (Wildman–Crippen MR) is 93.6 cm³/mol. The van der Waals surface area contributed by atoms with Crippen molar-refractivity contribution in [1.29, 1.82) is 0 Å². The minimum Gasteiger partial charge on any atom is -0.381 e. The van der Waals surface area contributed by atoms with Gasteiger partial charge in [-0.25, -0.2) is 0 Å². The van der Waals surface area contributed by atoms with Gasteiger partial charge in [0.15, 0.2) is 0 Å². The number of hydrogen-bond donors (Lipinski definition) is 1. The molecular formula is C19H29N3O2. The van der Waals surface area contributed by atoms with E-state index in [1.54, 1.807) is 0 Å². The van der Waals surface area contributed by atoms with Gasteiger partial charge in [-0.15, -0.1) is 0 Å². The quantitative estimate of drug-likeness (QED) is 0.900. The monoisotopic (exact) mass is 331 g/mol. The first kappa shape index (κ1) is 17.4. The fourth-order valence-electron chi connectivity index (χ4n) is 3.84. The van der Waals surface area contributed by atoms with E-state index in [-0.39, 0.29) is 18.0 Å². The highest BCUT2D eigenvalue weighted by atomic mass is 16.5. The van der Waals surface area contributed by atoms with Gasteiger partial charge in [0.25, 0.3) is 0 Å². The summed E-state index contributed by atoms with van der Waals surface area (Å²) in [5.41, 5.74) is 2.24. The Morgan fingerprint density at radius 1 is 1.29 bits per heavy atom. The van der Waals surface area contributed by atoms with Crippen molar-refractivity contribution in [3.05, 3.63) is 29.6 Å². The van der Waals surface area contributed by atoms with E-state index < -0.39 is 0 Å². The maximum absolute atomic E-state index is 12.9. The highest BCUT2D eigenvalue weighted by Gasteiger charge is 2.38. The molecule has 1 amide bonds. The molecular weight excluding hydrogens is 302 g/mol. The van der Waals surface area contributed by atoms with Crippen LogP contribution < -0.4 is 5.32 Å². The Kier molecular flexibility index (Phi) is 5.51. The summed E-state index contributed by atoms with van der Waals surface area (Å²) in [6.07, 6.45) is 4.65. The van der Waals surface area contributed by atoms with Crippen LogP contribution in [0.2, 0.25) is 0 Å². The topological polar surface area (TPSA) is 54.5 Å². The highest BCUT2D eigenvalue weighted by Crippen LogP contribution is 2.27. The smallest absolute Gasteiger partial charge is 0.240 e. The zero-order chi connectivity index (χ0) is 17.1. The third kappa shape index (κ3) is 3.62. The van der Waals surface area contributed by atoms with Crippen LogP contribution >= 0.6 is 0 Å². The molecule has 0 unspecified atom stereocenters. The second-order valence-electron chi connectivity index (χ2n) is 7.31. The van der Waals surface area contributed by atoms with Gasteiger partial charge in [0, 0.05) is 32.0 Å². The van der Waals surface area contributed by atoms with E-state index in [0.29, 0.717) is 12.0 Å². The van der Waals surface area contributed by atoms with Gasteiger partial charge in [0.05, 0.1) is 17.8 Å². The van der Waals surface area contributed by atoms with Crippen molar-refractivity contribution in [1.82, 2.24) is 15.2 Å². The standard InChI is InChI=1S/C19H29N3O2/c1-13(2)17(18-14(3)5-4-9-20-18)21-16-6-10-22(19(16)23)15-7-11-24-12-8-15/h4-5,9,13,15-17,21H,6-8,10-12H2,1-3H3/t16-,17-/m0/s1. The molecule has 2 saturated heterocycles. The first-order valence-corrected chi connectivity index (χ1v) is 9.13. The van der Waals surface area contributed by atoms with Crippen molar-refractivity contribution in [2.45, 2.75) is 58.2 Å². The fourth-order valence-corrected chi connectivity index (χ4v) is 3.84. The number of carbonyl (C=O) groups excluding carboxylic acids is 1. The Labute approximate surface area is 144 Å². The van der Waals surface area contributed by atoms with Crippen molar-refractivity contribution in [2.75, 3.05) is 19.8 Å². The first-order chi connectivity index (χ1) is 11.6. The highest BCUT2D eigenvalue weighted by molar-refractivity contribution is 5.84. The van der Waals surface area contributed by atoms with E-state index in [1.165, 1.54) is 5.56 Å². The maximum atomic E-state index is 12.9. The van der Waals surface area contributed by atoms with Crippen LogP contribution in [-0.4, -0.2) is 47.6 Å². The lowest BCUT2D eigenvalue weighted by molar-refractivity contribution is -0.133. The van der Waals surface area contributed by atoms with Gasteiger partial charge in [-0.3, -0.25) is 15.1 Å². The Balaban J connectivity index is 1.70. The molecule has 2 aliphatic heterocycles. The molecule has 2 fully saturated rings. The maximum Gasteiger partial charge on any atom is 0.240 e. The normalized spacial score (nSPS) is 23.9. The molecule has 1 aromatic heterocycles. The van der Waals surface area contributed by atoms with Gasteiger partial charge in [0.1, 0.15) is 0 Å². The third-order valence-electron chi connectivity index (χ3n) is 5.26. The van der Waals surface area contributed by atoms with Gasteiger partial charge in [-0.05, 0) is 43.7 Å². The van der Waals surface area contributed by atoms with Crippen molar-refractivity contribution >= 4 is 5.91 Å². The Bertz CT molecular complexity index is 569. The van der Waals surface area contributed by atoms with Crippen LogP contribution in [0.5, 0.6) is 0 Å². The van der Waals surface area contributed by atoms with E-state index in [2.05, 4.69) is 42.0 Å². The number of pyridine rings is 1. The van der Waals surface area contributed by atoms with Crippen LogP contribution in [0.25, 0.3) is 0 Å². The van der Waals surface area contributed by atoms with Gasteiger partial charge in [-0.2, -0.15) is 0 Å². The summed E-state index contributed by atoms with van der Waals surface area (Å²) in [6, 6.07) is 4.41. The number of hydrogen-bond acceptors (Lipinski definition) is 4. The molecule has 5 nitrogen and oxygen atoms in total. The zero-order valence-electron chi connectivity index (χ0n) is 15.0. The third-order valence-corrected chi connectivity index (χ3v) is 5.26. The molecule has 0 aromatic carbocycles. The van der Waals surface area contributed by atoms with Crippen LogP contribution in [0.4, 0.5) is 0 Å². The van der Waals surface area contributed by atoms with E-state index in [4.69, 9.17) is 4.74 Å². The minimum atomic E-state index is -0.0957. The van der Waals surface area contributed by atoms with Gasteiger partial charge < -0.3 is 9.64 Å². The lowest BCUT2D eigenvalue weighted by Crippen LogP contribution is -2.46. The van der Waals surface area contributed by atoms with Crippen molar-refractivity contribution in [3.8, 4) is 0 Å². The van der Waals surface area contributed by atoms with Crippen molar-refractivity contribution < 1.29 is 9.53 Å². The van der Waals surface area contributed by atoms with E-state index >= 15 is 0 Å². The number of ether oxygens (including phenoxy) is 1. The second kappa shape index (κ2) is 7.62. The van der Waals surface area contributed by atoms with Crippen molar-refractivity contribution in [2.24, 2.45) is 5.92 Å². The van der Waals surface area contributed by atoms with Crippen LogP contribution in [-0.2, 0) is 9.53 Å². The van der Waals surface area contributed by atoms with Gasteiger partial charge >= 0.3 is 0 Å². The number of likely N-dealkylation sites (tertiary alicyclic amines) is 1. The molecule has 2 aliphatic rings. The number of aromatic nitrogens is 1. The molecule has 3 heterocycles. The number of carbonyl (C=O) groups is 1. The van der Waals surface area contributed by atoms with Crippen LogP contribution in [0.3, 0.4) is 0 Å². The summed E-state index contributed by atoms with van der Waals surface area (Å²) in [7, 11) is 0. The average molecular weight is 331 g/mol. The molecule has 0 aliphatic carbocycles. The fraction of sp³-hybridized carbons (Fsp3) is 0.684. The molecule has 1 aromatic rings. The molecule has 132 valence electrons. The molecule has 0 saturated carbocycles. The minimum absolute atomic E-state index is 0.0957. The second-order valence-corrected chi connectivity index (χ2v) is 7.31. The largest absolute Gasteiger partial charge is 0.381 e. The number of amides is 1. The Morgan fingerprint density at radius 3 is 2.71 bits per heavy atom. The summed E-state index contributed by atoms with van der Waals surface area (Å²) in [5.74, 6) is 0.629. The van der Waals surface area contributed by atoms with Crippen LogP contribution in [0.15, 0.2) is 18.3 Å². The SMILES string of the molecule is Cc1cccnc1[C@@H](N[C@H]1CCN(C2CCOCC2)C1=O)C(C)C. The first-order valence-electron chi connectivity index (χ1n) is 9.13. The van der Waals surface area contributed by atoms with Crippen LogP contribution in [0.1, 0.15) is 50.4 Å². The Hall–Kier alpha value is -1.46.